The summed E-state index contributed by atoms with van der Waals surface area (Å²) in [5.74, 6) is 0. The number of nitrogens with one attached hydrogen (secondary N) is 1. The maximum Gasteiger partial charge on any atom is 0.296 e. The van der Waals surface area contributed by atoms with Crippen molar-refractivity contribution in [2.45, 2.75) is 4.90 Å². The Morgan fingerprint density at radius 3 is 2.25 bits per heavy atom. The Balaban J connectivity index is 2.17. The van der Waals surface area contributed by atoms with E-state index < -0.39 is 15.0 Å². The first-order valence-electron chi connectivity index (χ1n) is 6.88. The van der Waals surface area contributed by atoms with Crippen LogP contribution in [0.2, 0.25) is 0 Å². The molecule has 3 rings (SSSR count). The maximum absolute atomic E-state index is 11.5. The molecule has 0 atom stereocenters. The minimum Gasteiger partial charge on any atom is -0.282 e. The van der Waals surface area contributed by atoms with Crippen LogP contribution >= 0.6 is 0 Å². The summed E-state index contributed by atoms with van der Waals surface area (Å²) in [6.45, 7) is 0. The van der Waals surface area contributed by atoms with E-state index in [1.54, 1.807) is 12.1 Å². The third kappa shape index (κ3) is 3.05. The maximum atomic E-state index is 11.5. The molecule has 0 aliphatic rings. The number of fused-ring (bicyclic) bond motifs is 1. The molecule has 24 heavy (non-hydrogen) atoms. The molecular weight excluding hydrogens is 328 g/mol. The molecule has 0 radical (unpaired) electrons. The van der Waals surface area contributed by atoms with Gasteiger partial charge in [0.1, 0.15) is 16.3 Å². The summed E-state index contributed by atoms with van der Waals surface area (Å²) >= 11 is 0. The van der Waals surface area contributed by atoms with Gasteiger partial charge in [-0.3, -0.25) is 4.55 Å². The molecule has 0 amide bonds. The van der Waals surface area contributed by atoms with Crippen molar-refractivity contribution in [2.24, 2.45) is 15.3 Å². The van der Waals surface area contributed by atoms with Crippen LogP contribution in [-0.4, -0.2) is 13.0 Å². The first kappa shape index (κ1) is 15.9. The summed E-state index contributed by atoms with van der Waals surface area (Å²) in [6.07, 6.45) is 0. The summed E-state index contributed by atoms with van der Waals surface area (Å²) in [4.78, 5) is -0.444. The number of rotatable bonds is 4. The van der Waals surface area contributed by atoms with E-state index in [4.69, 9.17) is 5.53 Å². The predicted molar refractivity (Wildman–Crippen MR) is 89.2 cm³/mol. The van der Waals surface area contributed by atoms with Crippen molar-refractivity contribution in [3.8, 4) is 0 Å². The third-order valence-electron chi connectivity index (χ3n) is 3.40. The molecule has 0 bridgehead atoms. The van der Waals surface area contributed by atoms with Crippen LogP contribution in [0, 0.1) is 5.53 Å². The van der Waals surface area contributed by atoms with E-state index in [1.807, 2.05) is 30.3 Å². The lowest BCUT2D eigenvalue weighted by atomic mass is 10.1. The van der Waals surface area contributed by atoms with E-state index in [2.05, 4.69) is 15.3 Å². The summed E-state index contributed by atoms with van der Waals surface area (Å²) in [5.41, 5.74) is 7.50. The largest absolute Gasteiger partial charge is 0.296 e. The fraction of sp³-hybridized carbons (Fsp3) is 0. The Kier molecular flexibility index (Phi) is 4.15. The van der Waals surface area contributed by atoms with Crippen LogP contribution in [0.3, 0.4) is 0 Å². The Bertz CT molecular complexity index is 1060. The van der Waals surface area contributed by atoms with E-state index in [9.17, 15) is 13.0 Å². The van der Waals surface area contributed by atoms with Crippen LogP contribution in [-0.2, 0) is 10.1 Å². The van der Waals surface area contributed by atoms with Gasteiger partial charge in [-0.1, -0.05) is 42.5 Å². The minimum absolute atomic E-state index is 0.00545. The summed E-state index contributed by atoms with van der Waals surface area (Å²) in [6, 6.07) is 17.0. The smallest absolute Gasteiger partial charge is 0.282 e. The van der Waals surface area contributed by atoms with Gasteiger partial charge in [0.25, 0.3) is 10.1 Å². The monoisotopic (exact) mass is 340 g/mol. The zero-order valence-electron chi connectivity index (χ0n) is 12.3. The van der Waals surface area contributed by atoms with E-state index >= 15 is 0 Å². The van der Waals surface area contributed by atoms with E-state index in [1.165, 1.54) is 18.2 Å². The second-order valence-electron chi connectivity index (χ2n) is 4.91. The molecule has 0 aliphatic heterocycles. The Hall–Kier alpha value is -2.97. The van der Waals surface area contributed by atoms with Crippen molar-refractivity contribution >= 4 is 38.0 Å². The van der Waals surface area contributed by atoms with E-state index in [0.29, 0.717) is 5.69 Å². The van der Waals surface area contributed by atoms with Crippen molar-refractivity contribution in [1.82, 2.24) is 0 Å². The molecule has 0 spiro atoms. The van der Waals surface area contributed by atoms with Gasteiger partial charge in [0.05, 0.1) is 5.69 Å². The molecule has 8 heteroatoms. The summed E-state index contributed by atoms with van der Waals surface area (Å²) in [5, 5.41) is 13.1. The molecule has 0 aromatic heterocycles. The minimum atomic E-state index is -4.51. The quantitative estimate of drug-likeness (QED) is 0.504. The van der Waals surface area contributed by atoms with Gasteiger partial charge in [0, 0.05) is 5.39 Å². The van der Waals surface area contributed by atoms with Crippen molar-refractivity contribution in [1.29, 1.82) is 5.53 Å². The predicted octanol–water partition coefficient (Wildman–Crippen LogP) is 5.16. The zero-order valence-corrected chi connectivity index (χ0v) is 13.1. The molecule has 0 aliphatic carbocycles. The van der Waals surface area contributed by atoms with Crippen molar-refractivity contribution in [2.75, 3.05) is 0 Å². The van der Waals surface area contributed by atoms with Gasteiger partial charge in [-0.2, -0.15) is 13.5 Å². The molecular formula is C16H12N4O3S. The molecule has 0 fully saturated rings. The van der Waals surface area contributed by atoms with Crippen LogP contribution in [0.25, 0.3) is 10.8 Å². The second kappa shape index (κ2) is 6.26. The average Bonchev–Trinajstić information content (AvgIpc) is 2.58. The van der Waals surface area contributed by atoms with Gasteiger partial charge in [-0.05, 0) is 23.6 Å². The van der Waals surface area contributed by atoms with Crippen LogP contribution in [0.1, 0.15) is 0 Å². The highest BCUT2D eigenvalue weighted by molar-refractivity contribution is 7.86. The summed E-state index contributed by atoms with van der Waals surface area (Å²) < 4.78 is 32.3. The van der Waals surface area contributed by atoms with Crippen LogP contribution in [0.4, 0.5) is 17.1 Å². The molecule has 120 valence electrons. The molecule has 0 unspecified atom stereocenters. The van der Waals surface area contributed by atoms with Crippen molar-refractivity contribution in [3.63, 3.8) is 0 Å². The first-order chi connectivity index (χ1) is 11.5. The van der Waals surface area contributed by atoms with Crippen molar-refractivity contribution < 1.29 is 13.0 Å². The fourth-order valence-corrected chi connectivity index (χ4v) is 2.95. The molecule has 0 saturated carbocycles. The number of hydrogen-bond donors (Lipinski definition) is 2. The topological polar surface area (TPSA) is 115 Å². The van der Waals surface area contributed by atoms with E-state index in [-0.39, 0.29) is 11.4 Å². The second-order valence-corrected chi connectivity index (χ2v) is 6.30. The fourth-order valence-electron chi connectivity index (χ4n) is 2.31. The highest BCUT2D eigenvalue weighted by Gasteiger charge is 2.18. The third-order valence-corrected chi connectivity index (χ3v) is 4.29. The van der Waals surface area contributed by atoms with Gasteiger partial charge >= 0.3 is 0 Å². The zero-order chi connectivity index (χ0) is 17.2. The van der Waals surface area contributed by atoms with E-state index in [0.717, 1.165) is 10.8 Å². The molecule has 3 aromatic carbocycles. The highest BCUT2D eigenvalue weighted by Crippen LogP contribution is 2.36. The lowest BCUT2D eigenvalue weighted by molar-refractivity contribution is 0.483. The Morgan fingerprint density at radius 2 is 1.50 bits per heavy atom. The molecule has 0 heterocycles. The number of nitrogens with zero attached hydrogens (tertiary/aromatic N) is 3. The van der Waals surface area contributed by atoms with Crippen LogP contribution in [0.15, 0.2) is 80.9 Å². The molecule has 2 N–H and O–H groups in total. The molecule has 0 saturated heterocycles. The first-order valence-corrected chi connectivity index (χ1v) is 8.32. The number of hydrogen-bond acceptors (Lipinski definition) is 6. The summed E-state index contributed by atoms with van der Waals surface area (Å²) in [7, 11) is -4.51. The average molecular weight is 340 g/mol. The standard InChI is InChI=1S/C16H12N4O3S/c17-18-14-9-4-10-15(24(21,22)23)16(14)20-19-13-8-3-6-11-5-1-2-7-12(11)13/h1-10,17H,(H,21,22,23). The number of benzene rings is 3. The van der Waals surface area contributed by atoms with Gasteiger partial charge < -0.3 is 0 Å². The van der Waals surface area contributed by atoms with Crippen LogP contribution in [0.5, 0.6) is 0 Å². The van der Waals surface area contributed by atoms with Gasteiger partial charge in [0.2, 0.25) is 0 Å². The van der Waals surface area contributed by atoms with Gasteiger partial charge in [0.15, 0.2) is 0 Å². The van der Waals surface area contributed by atoms with Crippen LogP contribution < -0.4 is 0 Å². The lowest BCUT2D eigenvalue weighted by Gasteiger charge is -2.04. The normalized spacial score (nSPS) is 11.9. The van der Waals surface area contributed by atoms with Gasteiger partial charge in [-0.15, -0.1) is 10.2 Å². The van der Waals surface area contributed by atoms with Crippen molar-refractivity contribution in [3.05, 3.63) is 60.7 Å². The molecule has 7 nitrogen and oxygen atoms in total. The Labute approximate surface area is 137 Å². The molecule has 3 aromatic rings. The Morgan fingerprint density at radius 1 is 0.833 bits per heavy atom. The highest BCUT2D eigenvalue weighted by atomic mass is 32.2. The lowest BCUT2D eigenvalue weighted by Crippen LogP contribution is -1.98. The SMILES string of the molecule is N=Nc1cccc(S(=O)(=O)O)c1N=Nc1cccc2ccccc12. The number of azo groups is 1. The van der Waals surface area contributed by atoms with Gasteiger partial charge in [-0.25, -0.2) is 5.53 Å².